The smallest absolute Gasteiger partial charge is 0.282 e. The highest BCUT2D eigenvalue weighted by atomic mass is 127. The number of halogens is 2. The van der Waals surface area contributed by atoms with Crippen LogP contribution < -0.4 is 15.0 Å². The zero-order chi connectivity index (χ0) is 28.3. The van der Waals surface area contributed by atoms with Gasteiger partial charge in [-0.15, -0.1) is 0 Å². The first kappa shape index (κ1) is 27.0. The minimum absolute atomic E-state index is 0.278. The zero-order valence-corrected chi connectivity index (χ0v) is 24.8. The van der Waals surface area contributed by atoms with Crippen molar-refractivity contribution in [3.8, 4) is 23.1 Å². The molecule has 204 valence electrons. The number of fused-ring (bicyclic) bond motifs is 2. The molecule has 0 atom stereocenters. The summed E-state index contributed by atoms with van der Waals surface area (Å²) < 4.78 is 20.2. The van der Waals surface area contributed by atoms with Crippen LogP contribution in [0.3, 0.4) is 0 Å². The van der Waals surface area contributed by atoms with Gasteiger partial charge in [-0.2, -0.15) is 9.78 Å². The van der Waals surface area contributed by atoms with Crippen molar-refractivity contribution < 1.29 is 13.9 Å². The molecule has 6 aromatic rings. The standard InChI is InChI=1S/C32H23ClIN3O4/c1-2-39-28-15-21(14-25(34)30(28)40-19-20-8-4-3-5-9-20)18-35-37-31(36-26-11-7-6-10-24(26)32(37)38)29-17-22-16-23(33)12-13-27(22)41-29/h3-18H,2,19H2,1H3. The number of ether oxygens (including phenoxy) is 2. The van der Waals surface area contributed by atoms with Crippen molar-refractivity contribution in [1.82, 2.24) is 9.66 Å². The highest BCUT2D eigenvalue weighted by Gasteiger charge is 2.17. The summed E-state index contributed by atoms with van der Waals surface area (Å²) in [6.45, 7) is 2.79. The molecule has 0 aliphatic rings. The first-order valence-electron chi connectivity index (χ1n) is 12.9. The van der Waals surface area contributed by atoms with Crippen LogP contribution in [0.5, 0.6) is 11.5 Å². The Labute approximate surface area is 254 Å². The lowest BCUT2D eigenvalue weighted by Gasteiger charge is -2.15. The maximum absolute atomic E-state index is 13.6. The van der Waals surface area contributed by atoms with Crippen molar-refractivity contribution in [3.05, 3.63) is 121 Å². The van der Waals surface area contributed by atoms with Crippen molar-refractivity contribution in [3.63, 3.8) is 0 Å². The Morgan fingerprint density at radius 2 is 1.80 bits per heavy atom. The number of furan rings is 1. The molecule has 0 saturated heterocycles. The number of para-hydroxylation sites is 1. The van der Waals surface area contributed by atoms with E-state index in [1.54, 1.807) is 48.7 Å². The monoisotopic (exact) mass is 675 g/mol. The van der Waals surface area contributed by atoms with E-state index in [0.717, 1.165) is 20.1 Å². The Hall–Kier alpha value is -4.15. The molecule has 0 fully saturated rings. The summed E-state index contributed by atoms with van der Waals surface area (Å²) >= 11 is 8.40. The fourth-order valence-corrected chi connectivity index (χ4v) is 5.40. The van der Waals surface area contributed by atoms with Crippen LogP contribution in [0.2, 0.25) is 5.02 Å². The highest BCUT2D eigenvalue weighted by Crippen LogP contribution is 2.35. The number of nitrogens with zero attached hydrogens (tertiary/aromatic N) is 3. The molecule has 7 nitrogen and oxygen atoms in total. The number of aromatic nitrogens is 2. The van der Waals surface area contributed by atoms with E-state index in [-0.39, 0.29) is 11.4 Å². The molecule has 4 aromatic carbocycles. The van der Waals surface area contributed by atoms with Gasteiger partial charge < -0.3 is 13.9 Å². The fourth-order valence-electron chi connectivity index (χ4n) is 4.43. The van der Waals surface area contributed by atoms with Crippen molar-refractivity contribution in [2.24, 2.45) is 5.10 Å². The topological polar surface area (TPSA) is 78.9 Å². The van der Waals surface area contributed by atoms with E-state index in [2.05, 4.69) is 27.7 Å². The average Bonchev–Trinajstić information content (AvgIpc) is 3.40. The third kappa shape index (κ3) is 5.71. The van der Waals surface area contributed by atoms with Gasteiger partial charge in [0, 0.05) is 10.4 Å². The molecule has 0 unspecified atom stereocenters. The second-order valence-corrected chi connectivity index (χ2v) is 10.7. The minimum Gasteiger partial charge on any atom is -0.490 e. The van der Waals surface area contributed by atoms with Gasteiger partial charge in [-0.3, -0.25) is 4.79 Å². The van der Waals surface area contributed by atoms with Gasteiger partial charge in [0.15, 0.2) is 17.3 Å². The molecular weight excluding hydrogens is 653 g/mol. The Balaban J connectivity index is 1.41. The minimum atomic E-state index is -0.317. The average molecular weight is 676 g/mol. The van der Waals surface area contributed by atoms with Crippen molar-refractivity contribution in [1.29, 1.82) is 0 Å². The molecule has 0 spiro atoms. The van der Waals surface area contributed by atoms with Gasteiger partial charge in [0.2, 0.25) is 5.82 Å². The number of rotatable bonds is 8. The first-order valence-corrected chi connectivity index (χ1v) is 14.3. The van der Waals surface area contributed by atoms with E-state index >= 15 is 0 Å². The summed E-state index contributed by atoms with van der Waals surface area (Å²) in [5.74, 6) is 1.92. The van der Waals surface area contributed by atoms with Gasteiger partial charge in [-0.25, -0.2) is 4.98 Å². The lowest BCUT2D eigenvalue weighted by Crippen LogP contribution is -2.20. The van der Waals surface area contributed by atoms with Gasteiger partial charge in [0.05, 0.1) is 27.3 Å². The van der Waals surface area contributed by atoms with E-state index in [4.69, 9.17) is 30.5 Å². The quantitative estimate of drug-likeness (QED) is 0.121. The second kappa shape index (κ2) is 11.8. The second-order valence-electron chi connectivity index (χ2n) is 9.14. The van der Waals surface area contributed by atoms with Crippen molar-refractivity contribution in [2.45, 2.75) is 13.5 Å². The molecule has 0 bridgehead atoms. The van der Waals surface area contributed by atoms with Crippen LogP contribution in [0.4, 0.5) is 0 Å². The van der Waals surface area contributed by atoms with Crippen molar-refractivity contribution in [2.75, 3.05) is 6.61 Å². The number of hydrogen-bond donors (Lipinski definition) is 0. The van der Waals surface area contributed by atoms with E-state index in [1.165, 1.54) is 4.68 Å². The lowest BCUT2D eigenvalue weighted by atomic mass is 10.2. The molecule has 41 heavy (non-hydrogen) atoms. The molecule has 0 amide bonds. The van der Waals surface area contributed by atoms with E-state index in [0.29, 0.717) is 52.0 Å². The van der Waals surface area contributed by atoms with Crippen LogP contribution >= 0.6 is 34.2 Å². The molecule has 0 saturated carbocycles. The van der Waals surface area contributed by atoms with E-state index < -0.39 is 0 Å². The maximum Gasteiger partial charge on any atom is 0.282 e. The third-order valence-electron chi connectivity index (χ3n) is 6.33. The molecular formula is C32H23ClIN3O4. The number of hydrogen-bond acceptors (Lipinski definition) is 6. The Morgan fingerprint density at radius 1 is 1.00 bits per heavy atom. The fraction of sp³-hybridized carbons (Fsp3) is 0.0938. The highest BCUT2D eigenvalue weighted by molar-refractivity contribution is 14.1. The Bertz CT molecular complexity index is 1970. The summed E-state index contributed by atoms with van der Waals surface area (Å²) in [7, 11) is 0. The number of benzene rings is 4. The molecule has 2 aromatic heterocycles. The molecule has 0 N–H and O–H groups in total. The van der Waals surface area contributed by atoms with Gasteiger partial charge in [0.1, 0.15) is 12.2 Å². The molecule has 0 aliphatic carbocycles. The molecule has 6 rings (SSSR count). The van der Waals surface area contributed by atoms with Crippen LogP contribution in [-0.4, -0.2) is 22.5 Å². The molecule has 2 heterocycles. The summed E-state index contributed by atoms with van der Waals surface area (Å²) in [5.41, 5.74) is 2.64. The van der Waals surface area contributed by atoms with Crippen LogP contribution in [0.15, 0.2) is 105 Å². The molecule has 0 aliphatic heterocycles. The SMILES string of the molecule is CCOc1cc(C=Nn2c(-c3cc4cc(Cl)ccc4o3)nc3ccccc3c2=O)cc(I)c1OCc1ccccc1. The third-order valence-corrected chi connectivity index (χ3v) is 7.37. The summed E-state index contributed by atoms with van der Waals surface area (Å²) in [6, 6.07) is 28.0. The summed E-state index contributed by atoms with van der Waals surface area (Å²) in [6.07, 6.45) is 1.60. The maximum atomic E-state index is 13.6. The van der Waals surface area contributed by atoms with Gasteiger partial charge in [-0.05, 0) is 89.2 Å². The largest absolute Gasteiger partial charge is 0.490 e. The Kier molecular flexibility index (Phi) is 7.76. The van der Waals surface area contributed by atoms with Gasteiger partial charge in [0.25, 0.3) is 5.56 Å². The molecule has 9 heteroatoms. The van der Waals surface area contributed by atoms with Crippen LogP contribution in [-0.2, 0) is 6.61 Å². The predicted octanol–water partition coefficient (Wildman–Crippen LogP) is 7.93. The van der Waals surface area contributed by atoms with E-state index in [1.807, 2.05) is 55.5 Å². The normalized spacial score (nSPS) is 11.5. The predicted molar refractivity (Wildman–Crippen MR) is 170 cm³/mol. The van der Waals surface area contributed by atoms with Crippen LogP contribution in [0.1, 0.15) is 18.1 Å². The van der Waals surface area contributed by atoms with Gasteiger partial charge >= 0.3 is 0 Å². The summed E-state index contributed by atoms with van der Waals surface area (Å²) in [4.78, 5) is 18.4. The van der Waals surface area contributed by atoms with Crippen LogP contribution in [0, 0.1) is 3.57 Å². The van der Waals surface area contributed by atoms with Gasteiger partial charge in [-0.1, -0.05) is 54.1 Å². The van der Waals surface area contributed by atoms with Crippen LogP contribution in [0.25, 0.3) is 33.5 Å². The van der Waals surface area contributed by atoms with E-state index in [9.17, 15) is 4.79 Å². The van der Waals surface area contributed by atoms with Crippen molar-refractivity contribution >= 4 is 62.3 Å². The lowest BCUT2D eigenvalue weighted by molar-refractivity contribution is 0.267. The summed E-state index contributed by atoms with van der Waals surface area (Å²) in [5, 5.41) is 6.42. The zero-order valence-electron chi connectivity index (χ0n) is 21.9. The first-order chi connectivity index (χ1) is 20.0. The molecule has 0 radical (unpaired) electrons. The Morgan fingerprint density at radius 3 is 2.63 bits per heavy atom.